The van der Waals surface area contributed by atoms with Crippen molar-refractivity contribution in [3.63, 3.8) is 0 Å². The van der Waals surface area contributed by atoms with Gasteiger partial charge in [0.15, 0.2) is 0 Å². The highest BCUT2D eigenvalue weighted by Crippen LogP contribution is 2.32. The van der Waals surface area contributed by atoms with Crippen LogP contribution in [-0.4, -0.2) is 31.7 Å². The van der Waals surface area contributed by atoms with Gasteiger partial charge in [-0.05, 0) is 30.9 Å². The maximum Gasteiger partial charge on any atom is 0.220 e. The second-order valence-electron chi connectivity index (χ2n) is 5.64. The highest BCUT2D eigenvalue weighted by molar-refractivity contribution is 5.78. The van der Waals surface area contributed by atoms with Gasteiger partial charge in [-0.3, -0.25) is 4.79 Å². The summed E-state index contributed by atoms with van der Waals surface area (Å²) in [5.41, 5.74) is 2.44. The van der Waals surface area contributed by atoms with Gasteiger partial charge in [0.05, 0.1) is 6.10 Å². The summed E-state index contributed by atoms with van der Waals surface area (Å²) in [5.74, 6) is 0.445. The lowest BCUT2D eigenvalue weighted by molar-refractivity contribution is -0.121. The van der Waals surface area contributed by atoms with Crippen LogP contribution in [-0.2, 0) is 9.53 Å². The van der Waals surface area contributed by atoms with Crippen LogP contribution in [0.5, 0.6) is 0 Å². The number of rotatable bonds is 5. The third-order valence-corrected chi connectivity index (χ3v) is 4.18. The van der Waals surface area contributed by atoms with E-state index in [9.17, 15) is 4.79 Å². The summed E-state index contributed by atoms with van der Waals surface area (Å²) in [5, 5.41) is 6.38. The first kappa shape index (κ1) is 13.4. The van der Waals surface area contributed by atoms with Crippen molar-refractivity contribution < 1.29 is 9.53 Å². The summed E-state index contributed by atoms with van der Waals surface area (Å²) in [4.78, 5) is 12.0. The molecule has 2 unspecified atom stereocenters. The SMILES string of the molecule is O=C(CC1CNc2ccccc21)NCCC1CCCO1. The molecule has 1 aromatic carbocycles. The minimum atomic E-state index is 0.145. The van der Waals surface area contributed by atoms with Crippen LogP contribution in [0.25, 0.3) is 0 Å². The molecule has 0 bridgehead atoms. The minimum Gasteiger partial charge on any atom is -0.384 e. The van der Waals surface area contributed by atoms with Gasteiger partial charge >= 0.3 is 0 Å². The molecular formula is C16H22N2O2. The van der Waals surface area contributed by atoms with Gasteiger partial charge in [0.1, 0.15) is 0 Å². The molecule has 2 aliphatic rings. The molecule has 4 heteroatoms. The second-order valence-corrected chi connectivity index (χ2v) is 5.64. The van der Waals surface area contributed by atoms with Crippen molar-refractivity contribution in [3.8, 4) is 0 Å². The summed E-state index contributed by atoms with van der Waals surface area (Å²) in [7, 11) is 0. The molecule has 1 fully saturated rings. The first-order chi connectivity index (χ1) is 9.83. The number of ether oxygens (including phenoxy) is 1. The van der Waals surface area contributed by atoms with E-state index in [2.05, 4.69) is 22.8 Å². The van der Waals surface area contributed by atoms with Gasteiger partial charge in [-0.2, -0.15) is 0 Å². The van der Waals surface area contributed by atoms with Crippen LogP contribution in [0.1, 0.15) is 37.2 Å². The van der Waals surface area contributed by atoms with E-state index in [0.29, 0.717) is 18.4 Å². The largest absolute Gasteiger partial charge is 0.384 e. The predicted octanol–water partition coefficient (Wildman–Crippen LogP) is 2.27. The average Bonchev–Trinajstić information content (AvgIpc) is 3.09. The van der Waals surface area contributed by atoms with Gasteiger partial charge in [-0.15, -0.1) is 0 Å². The quantitative estimate of drug-likeness (QED) is 0.866. The first-order valence-corrected chi connectivity index (χ1v) is 7.54. The van der Waals surface area contributed by atoms with Gasteiger partial charge < -0.3 is 15.4 Å². The zero-order chi connectivity index (χ0) is 13.8. The number of carbonyl (C=O) groups is 1. The fraction of sp³-hybridized carbons (Fsp3) is 0.562. The molecule has 20 heavy (non-hydrogen) atoms. The van der Waals surface area contributed by atoms with Crippen molar-refractivity contribution in [3.05, 3.63) is 29.8 Å². The summed E-state index contributed by atoms with van der Waals surface area (Å²) < 4.78 is 5.55. The molecule has 1 aromatic rings. The number of carbonyl (C=O) groups excluding carboxylic acids is 1. The number of amides is 1. The third-order valence-electron chi connectivity index (χ3n) is 4.18. The molecule has 2 aliphatic heterocycles. The molecule has 1 saturated heterocycles. The molecule has 0 radical (unpaired) electrons. The van der Waals surface area contributed by atoms with E-state index in [-0.39, 0.29) is 5.91 Å². The smallest absolute Gasteiger partial charge is 0.220 e. The summed E-state index contributed by atoms with van der Waals surface area (Å²) >= 11 is 0. The Balaban J connectivity index is 1.43. The van der Waals surface area contributed by atoms with E-state index in [1.54, 1.807) is 0 Å². The summed E-state index contributed by atoms with van der Waals surface area (Å²) in [6.45, 7) is 2.47. The molecule has 0 aliphatic carbocycles. The zero-order valence-corrected chi connectivity index (χ0v) is 11.7. The summed E-state index contributed by atoms with van der Waals surface area (Å²) in [6, 6.07) is 8.24. The molecule has 0 saturated carbocycles. The predicted molar refractivity (Wildman–Crippen MR) is 78.9 cm³/mol. The number of anilines is 1. The minimum absolute atomic E-state index is 0.145. The fourth-order valence-electron chi connectivity index (χ4n) is 3.08. The van der Waals surface area contributed by atoms with Crippen molar-refractivity contribution in [1.29, 1.82) is 0 Å². The van der Waals surface area contributed by atoms with Crippen LogP contribution in [0.2, 0.25) is 0 Å². The highest BCUT2D eigenvalue weighted by atomic mass is 16.5. The van der Waals surface area contributed by atoms with Gasteiger partial charge in [0.2, 0.25) is 5.91 Å². The van der Waals surface area contributed by atoms with E-state index >= 15 is 0 Å². The number of hydrogen-bond acceptors (Lipinski definition) is 3. The zero-order valence-electron chi connectivity index (χ0n) is 11.7. The Morgan fingerprint density at radius 1 is 1.40 bits per heavy atom. The van der Waals surface area contributed by atoms with Crippen LogP contribution in [0.15, 0.2) is 24.3 Å². The number of hydrogen-bond donors (Lipinski definition) is 2. The number of nitrogens with one attached hydrogen (secondary N) is 2. The second kappa shape index (κ2) is 6.27. The Hall–Kier alpha value is -1.55. The molecular weight excluding hydrogens is 252 g/mol. The van der Waals surface area contributed by atoms with Crippen molar-refractivity contribution in [2.75, 3.05) is 25.0 Å². The molecule has 108 valence electrons. The van der Waals surface area contributed by atoms with Gasteiger partial charge in [-0.25, -0.2) is 0 Å². The van der Waals surface area contributed by atoms with Crippen molar-refractivity contribution in [2.45, 2.75) is 37.7 Å². The van der Waals surface area contributed by atoms with Crippen LogP contribution in [0.4, 0.5) is 5.69 Å². The van der Waals surface area contributed by atoms with E-state index in [1.165, 1.54) is 11.3 Å². The van der Waals surface area contributed by atoms with Crippen LogP contribution in [0.3, 0.4) is 0 Å². The fourth-order valence-corrected chi connectivity index (χ4v) is 3.08. The lowest BCUT2D eigenvalue weighted by Crippen LogP contribution is -2.28. The Morgan fingerprint density at radius 2 is 2.30 bits per heavy atom. The van der Waals surface area contributed by atoms with Crippen LogP contribution < -0.4 is 10.6 Å². The van der Waals surface area contributed by atoms with Crippen molar-refractivity contribution in [2.24, 2.45) is 0 Å². The standard InChI is InChI=1S/C16H22N2O2/c19-16(17-8-7-13-4-3-9-20-13)10-12-11-18-15-6-2-1-5-14(12)15/h1-2,5-6,12-13,18H,3-4,7-11H2,(H,17,19). The van der Waals surface area contributed by atoms with Crippen molar-refractivity contribution >= 4 is 11.6 Å². The number of para-hydroxylation sites is 1. The van der Waals surface area contributed by atoms with Crippen LogP contribution in [0, 0.1) is 0 Å². The lowest BCUT2D eigenvalue weighted by atomic mass is 9.97. The molecule has 0 spiro atoms. The Bertz CT molecular complexity index is 469. The van der Waals surface area contributed by atoms with E-state index in [0.717, 1.165) is 39.0 Å². The normalized spacial score (nSPS) is 24.2. The first-order valence-electron chi connectivity index (χ1n) is 7.54. The average molecular weight is 274 g/mol. The summed E-state index contributed by atoms with van der Waals surface area (Å²) in [6.07, 6.45) is 4.14. The molecule has 0 aromatic heterocycles. The maximum absolute atomic E-state index is 12.0. The lowest BCUT2D eigenvalue weighted by Gasteiger charge is -2.12. The number of fused-ring (bicyclic) bond motifs is 1. The molecule has 2 atom stereocenters. The molecule has 3 rings (SSSR count). The Labute approximate surface area is 119 Å². The van der Waals surface area contributed by atoms with Crippen LogP contribution >= 0.6 is 0 Å². The molecule has 4 nitrogen and oxygen atoms in total. The van der Waals surface area contributed by atoms with Gasteiger partial charge in [-0.1, -0.05) is 18.2 Å². The Kier molecular flexibility index (Phi) is 4.21. The maximum atomic E-state index is 12.0. The van der Waals surface area contributed by atoms with Gasteiger partial charge in [0, 0.05) is 37.7 Å². The van der Waals surface area contributed by atoms with E-state index in [1.807, 2.05) is 12.1 Å². The van der Waals surface area contributed by atoms with Crippen molar-refractivity contribution in [1.82, 2.24) is 5.32 Å². The monoisotopic (exact) mass is 274 g/mol. The van der Waals surface area contributed by atoms with Gasteiger partial charge in [0.25, 0.3) is 0 Å². The number of benzene rings is 1. The topological polar surface area (TPSA) is 50.4 Å². The highest BCUT2D eigenvalue weighted by Gasteiger charge is 2.24. The van der Waals surface area contributed by atoms with E-state index < -0.39 is 0 Å². The molecule has 2 heterocycles. The molecule has 1 amide bonds. The third kappa shape index (κ3) is 3.12. The molecule has 2 N–H and O–H groups in total. The van der Waals surface area contributed by atoms with E-state index in [4.69, 9.17) is 4.74 Å². The Morgan fingerprint density at radius 3 is 3.15 bits per heavy atom.